The van der Waals surface area contributed by atoms with Crippen molar-refractivity contribution in [1.29, 1.82) is 0 Å². The van der Waals surface area contributed by atoms with Gasteiger partial charge in [0.25, 0.3) is 0 Å². The smallest absolute Gasteiger partial charge is 0.182 e. The lowest BCUT2D eigenvalue weighted by atomic mass is 9.89. The van der Waals surface area contributed by atoms with E-state index in [2.05, 4.69) is 15.1 Å². The van der Waals surface area contributed by atoms with Crippen LogP contribution in [0.15, 0.2) is 28.3 Å². The number of rotatable bonds is 4. The zero-order valence-corrected chi connectivity index (χ0v) is 12.8. The fourth-order valence-corrected chi connectivity index (χ4v) is 2.34. The highest BCUT2D eigenvalue weighted by Crippen LogP contribution is 2.23. The SMILES string of the molecule is C[C@H]1C(CN=CC(=NN)c2cccc(N)n2)O[C@@H](O)C(O)C1N. The van der Waals surface area contributed by atoms with Crippen molar-refractivity contribution in [1.82, 2.24) is 4.98 Å². The molecular formula is C14H22N6O3. The lowest BCUT2D eigenvalue weighted by molar-refractivity contribution is -0.234. The van der Waals surface area contributed by atoms with E-state index in [1.54, 1.807) is 18.2 Å². The maximum absolute atomic E-state index is 9.67. The molecule has 8 N–H and O–H groups in total. The molecule has 0 saturated carbocycles. The molecule has 0 spiro atoms. The number of aromatic nitrogens is 1. The predicted octanol–water partition coefficient (Wildman–Crippen LogP) is -1.56. The summed E-state index contributed by atoms with van der Waals surface area (Å²) in [5.41, 5.74) is 12.3. The van der Waals surface area contributed by atoms with Gasteiger partial charge in [-0.25, -0.2) is 4.98 Å². The normalized spacial score (nSPS) is 32.3. The van der Waals surface area contributed by atoms with Crippen LogP contribution in [0.5, 0.6) is 0 Å². The van der Waals surface area contributed by atoms with Crippen molar-refractivity contribution < 1.29 is 14.9 Å². The summed E-state index contributed by atoms with van der Waals surface area (Å²) in [5.74, 6) is 5.53. The van der Waals surface area contributed by atoms with Crippen molar-refractivity contribution in [3.8, 4) is 0 Å². The Balaban J connectivity index is 2.03. The van der Waals surface area contributed by atoms with Gasteiger partial charge in [0.15, 0.2) is 6.29 Å². The zero-order valence-electron chi connectivity index (χ0n) is 12.8. The van der Waals surface area contributed by atoms with Crippen LogP contribution in [0, 0.1) is 5.92 Å². The molecule has 1 aliphatic heterocycles. The standard InChI is InChI=1S/C14H22N6O3/c1-7-10(23-14(22)13(21)12(7)16)6-18-5-9(20-17)8-3-2-4-11(15)19-8/h2-5,7,10,12-14,21-22H,6,16-17H2,1H3,(H2,15,19)/t7-,10?,12?,13?,14+/m0/s1. The number of aliphatic imine (C=N–C) groups is 1. The van der Waals surface area contributed by atoms with E-state index < -0.39 is 24.5 Å². The molecule has 2 heterocycles. The molecule has 1 aliphatic rings. The third-order valence-electron chi connectivity index (χ3n) is 3.87. The fourth-order valence-electron chi connectivity index (χ4n) is 2.34. The average Bonchev–Trinajstić information content (AvgIpc) is 2.54. The summed E-state index contributed by atoms with van der Waals surface area (Å²) >= 11 is 0. The Bertz CT molecular complexity index is 594. The van der Waals surface area contributed by atoms with E-state index in [0.29, 0.717) is 17.2 Å². The Labute approximate surface area is 133 Å². The second kappa shape index (κ2) is 7.47. The monoisotopic (exact) mass is 322 g/mol. The largest absolute Gasteiger partial charge is 0.386 e. The second-order valence-corrected chi connectivity index (χ2v) is 5.45. The lowest BCUT2D eigenvalue weighted by Crippen LogP contribution is -2.58. The number of ether oxygens (including phenoxy) is 1. The molecule has 2 rings (SSSR count). The summed E-state index contributed by atoms with van der Waals surface area (Å²) in [6.07, 6.45) is -1.39. The van der Waals surface area contributed by atoms with Crippen molar-refractivity contribution in [2.24, 2.45) is 27.6 Å². The molecule has 5 atom stereocenters. The van der Waals surface area contributed by atoms with Crippen molar-refractivity contribution >= 4 is 17.7 Å². The molecule has 1 aromatic heterocycles. The average molecular weight is 322 g/mol. The molecule has 0 aliphatic carbocycles. The first-order valence-electron chi connectivity index (χ1n) is 7.21. The van der Waals surface area contributed by atoms with Gasteiger partial charge in [0.05, 0.1) is 24.6 Å². The number of nitrogen functional groups attached to an aromatic ring is 1. The van der Waals surface area contributed by atoms with Crippen LogP contribution in [0.4, 0.5) is 5.82 Å². The van der Waals surface area contributed by atoms with E-state index in [-0.39, 0.29) is 12.5 Å². The maximum atomic E-state index is 9.67. The third kappa shape index (κ3) is 4.02. The fraction of sp³-hybridized carbons (Fsp3) is 0.500. The number of hydrazone groups is 1. The summed E-state index contributed by atoms with van der Waals surface area (Å²) in [6, 6.07) is 4.52. The number of hydrogen-bond donors (Lipinski definition) is 5. The molecule has 3 unspecified atom stereocenters. The molecule has 126 valence electrons. The van der Waals surface area contributed by atoms with Gasteiger partial charge in [-0.05, 0) is 12.1 Å². The van der Waals surface area contributed by atoms with Crippen LogP contribution in [0.2, 0.25) is 0 Å². The molecule has 1 fully saturated rings. The lowest BCUT2D eigenvalue weighted by Gasteiger charge is -2.39. The third-order valence-corrected chi connectivity index (χ3v) is 3.87. The quantitative estimate of drug-likeness (QED) is 0.254. The molecule has 0 bridgehead atoms. The Kier molecular flexibility index (Phi) is 5.61. The van der Waals surface area contributed by atoms with E-state index in [1.165, 1.54) is 6.21 Å². The van der Waals surface area contributed by atoms with Crippen LogP contribution >= 0.6 is 0 Å². The highest BCUT2D eigenvalue weighted by molar-refractivity contribution is 6.37. The Morgan fingerprint density at radius 3 is 2.83 bits per heavy atom. The minimum atomic E-state index is -1.32. The number of nitrogens with two attached hydrogens (primary N) is 3. The summed E-state index contributed by atoms with van der Waals surface area (Å²) in [6.45, 7) is 2.07. The first kappa shape index (κ1) is 17.3. The molecule has 9 nitrogen and oxygen atoms in total. The highest BCUT2D eigenvalue weighted by atomic mass is 16.6. The summed E-state index contributed by atoms with van der Waals surface area (Å²) in [7, 11) is 0. The number of anilines is 1. The van der Waals surface area contributed by atoms with Crippen molar-refractivity contribution in [2.75, 3.05) is 12.3 Å². The van der Waals surface area contributed by atoms with Gasteiger partial charge < -0.3 is 32.3 Å². The number of hydrogen-bond acceptors (Lipinski definition) is 9. The number of aliphatic hydroxyl groups excluding tert-OH is 2. The first-order valence-corrected chi connectivity index (χ1v) is 7.21. The van der Waals surface area contributed by atoms with Crippen molar-refractivity contribution in [3.05, 3.63) is 23.9 Å². The van der Waals surface area contributed by atoms with Crippen molar-refractivity contribution in [2.45, 2.75) is 31.5 Å². The Morgan fingerprint density at radius 2 is 2.17 bits per heavy atom. The number of aliphatic hydroxyl groups is 2. The van der Waals surface area contributed by atoms with E-state index >= 15 is 0 Å². The van der Waals surface area contributed by atoms with Crippen LogP contribution in [0.25, 0.3) is 0 Å². The van der Waals surface area contributed by atoms with E-state index in [4.69, 9.17) is 22.0 Å². The van der Waals surface area contributed by atoms with Crippen LogP contribution in [0.3, 0.4) is 0 Å². The molecule has 23 heavy (non-hydrogen) atoms. The predicted molar refractivity (Wildman–Crippen MR) is 86.8 cm³/mol. The summed E-state index contributed by atoms with van der Waals surface area (Å²) in [5, 5.41) is 22.9. The Morgan fingerprint density at radius 1 is 1.43 bits per heavy atom. The van der Waals surface area contributed by atoms with Crippen LogP contribution in [-0.2, 0) is 4.74 Å². The summed E-state index contributed by atoms with van der Waals surface area (Å²) in [4.78, 5) is 8.34. The summed E-state index contributed by atoms with van der Waals surface area (Å²) < 4.78 is 5.33. The molecule has 0 amide bonds. The van der Waals surface area contributed by atoms with Gasteiger partial charge >= 0.3 is 0 Å². The topological polar surface area (TPSA) is 165 Å². The van der Waals surface area contributed by atoms with E-state index in [0.717, 1.165) is 0 Å². The van der Waals surface area contributed by atoms with Crippen LogP contribution < -0.4 is 17.3 Å². The molecule has 9 heteroatoms. The molecule has 0 radical (unpaired) electrons. The van der Waals surface area contributed by atoms with Gasteiger partial charge in [0, 0.05) is 12.0 Å². The Hall–Kier alpha value is -2.07. The van der Waals surface area contributed by atoms with E-state index in [9.17, 15) is 10.2 Å². The van der Waals surface area contributed by atoms with Gasteiger partial charge in [-0.15, -0.1) is 0 Å². The van der Waals surface area contributed by atoms with Crippen molar-refractivity contribution in [3.63, 3.8) is 0 Å². The van der Waals surface area contributed by atoms with Gasteiger partial charge in [0.1, 0.15) is 17.6 Å². The second-order valence-electron chi connectivity index (χ2n) is 5.45. The molecule has 0 aromatic carbocycles. The number of nitrogens with zero attached hydrogens (tertiary/aromatic N) is 3. The van der Waals surface area contributed by atoms with Crippen LogP contribution in [0.1, 0.15) is 12.6 Å². The first-order chi connectivity index (χ1) is 10.9. The van der Waals surface area contributed by atoms with Gasteiger partial charge in [0.2, 0.25) is 0 Å². The maximum Gasteiger partial charge on any atom is 0.182 e. The number of pyridine rings is 1. The molecular weight excluding hydrogens is 300 g/mol. The van der Waals surface area contributed by atoms with Gasteiger partial charge in [-0.3, -0.25) is 4.99 Å². The molecule has 1 aromatic rings. The minimum absolute atomic E-state index is 0.172. The van der Waals surface area contributed by atoms with Gasteiger partial charge in [-0.1, -0.05) is 13.0 Å². The highest BCUT2D eigenvalue weighted by Gasteiger charge is 2.39. The zero-order chi connectivity index (χ0) is 17.0. The van der Waals surface area contributed by atoms with Crippen LogP contribution in [-0.4, -0.2) is 58.2 Å². The minimum Gasteiger partial charge on any atom is -0.386 e. The molecule has 1 saturated heterocycles. The van der Waals surface area contributed by atoms with E-state index in [1.807, 2.05) is 6.92 Å². The van der Waals surface area contributed by atoms with Gasteiger partial charge in [-0.2, -0.15) is 5.10 Å².